The van der Waals surface area contributed by atoms with Gasteiger partial charge in [0.15, 0.2) is 0 Å². The lowest BCUT2D eigenvalue weighted by molar-refractivity contribution is 0.0277. The molecule has 1 unspecified atom stereocenters. The third-order valence-corrected chi connectivity index (χ3v) is 5.43. The molecule has 7 nitrogen and oxygen atoms in total. The number of amides is 1. The Hall–Kier alpha value is -2.39. The van der Waals surface area contributed by atoms with E-state index in [9.17, 15) is 4.79 Å². The zero-order chi connectivity index (χ0) is 18.6. The largest absolute Gasteiger partial charge is 0.371 e. The first-order valence-corrected chi connectivity index (χ1v) is 9.50. The van der Waals surface area contributed by atoms with Crippen molar-refractivity contribution in [3.05, 3.63) is 59.0 Å². The number of benzene rings is 1. The van der Waals surface area contributed by atoms with E-state index in [0.29, 0.717) is 27.9 Å². The fourth-order valence-electron chi connectivity index (χ4n) is 2.87. The summed E-state index contributed by atoms with van der Waals surface area (Å²) < 4.78 is 5.75. The van der Waals surface area contributed by atoms with Gasteiger partial charge in [0, 0.05) is 31.2 Å². The van der Waals surface area contributed by atoms with Gasteiger partial charge in [-0.2, -0.15) is 0 Å². The summed E-state index contributed by atoms with van der Waals surface area (Å²) in [5.74, 6) is -0.177. The average molecular weight is 418 g/mol. The molecule has 3 heterocycles. The minimum Gasteiger partial charge on any atom is -0.371 e. The topological polar surface area (TPSA) is 89.0 Å². The number of halogens is 1. The van der Waals surface area contributed by atoms with Crippen LogP contribution in [0.5, 0.6) is 0 Å². The number of carbonyl (C=O) groups is 1. The van der Waals surface area contributed by atoms with Gasteiger partial charge in [-0.05, 0) is 24.6 Å². The SMILES string of the molecule is Cc1nc(-c2cnccn2)sc1C(=O)Nc1ccc(C2CNCCO2)cc1.Cl. The van der Waals surface area contributed by atoms with Crippen LogP contribution in [0.3, 0.4) is 0 Å². The number of aryl methyl sites for hydroxylation is 1. The number of anilines is 1. The lowest BCUT2D eigenvalue weighted by Crippen LogP contribution is -2.33. The van der Waals surface area contributed by atoms with Crippen molar-refractivity contribution >= 4 is 35.3 Å². The highest BCUT2D eigenvalue weighted by molar-refractivity contribution is 7.17. The molecular weight excluding hydrogens is 398 g/mol. The van der Waals surface area contributed by atoms with Gasteiger partial charge in [-0.15, -0.1) is 23.7 Å². The van der Waals surface area contributed by atoms with Crippen LogP contribution in [0.15, 0.2) is 42.9 Å². The van der Waals surface area contributed by atoms with Crippen molar-refractivity contribution in [2.75, 3.05) is 25.0 Å². The third-order valence-electron chi connectivity index (χ3n) is 4.25. The van der Waals surface area contributed by atoms with Crippen LogP contribution < -0.4 is 10.6 Å². The zero-order valence-electron chi connectivity index (χ0n) is 15.2. The molecule has 1 fully saturated rings. The molecule has 1 aliphatic rings. The molecule has 1 aliphatic heterocycles. The molecule has 0 bridgehead atoms. The lowest BCUT2D eigenvalue weighted by atomic mass is 10.1. The molecule has 0 spiro atoms. The highest BCUT2D eigenvalue weighted by atomic mass is 35.5. The van der Waals surface area contributed by atoms with Crippen LogP contribution in [0.1, 0.15) is 27.0 Å². The normalized spacial score (nSPS) is 16.2. The van der Waals surface area contributed by atoms with E-state index in [0.717, 1.165) is 24.3 Å². The van der Waals surface area contributed by atoms with E-state index in [4.69, 9.17) is 4.74 Å². The van der Waals surface area contributed by atoms with E-state index in [1.54, 1.807) is 18.6 Å². The van der Waals surface area contributed by atoms with Crippen molar-refractivity contribution < 1.29 is 9.53 Å². The van der Waals surface area contributed by atoms with Crippen molar-refractivity contribution in [1.29, 1.82) is 0 Å². The summed E-state index contributed by atoms with van der Waals surface area (Å²) in [5.41, 5.74) is 3.17. The highest BCUT2D eigenvalue weighted by Crippen LogP contribution is 2.27. The molecule has 1 saturated heterocycles. The van der Waals surface area contributed by atoms with E-state index in [-0.39, 0.29) is 24.4 Å². The number of aromatic nitrogens is 3. The maximum absolute atomic E-state index is 12.7. The third kappa shape index (κ3) is 4.53. The molecule has 4 rings (SSSR count). The molecule has 0 radical (unpaired) electrons. The molecular formula is C19H20ClN5O2S. The van der Waals surface area contributed by atoms with Gasteiger partial charge in [0.25, 0.3) is 5.91 Å². The Kier molecular flexibility index (Phi) is 6.69. The van der Waals surface area contributed by atoms with Gasteiger partial charge in [0.2, 0.25) is 0 Å². The van der Waals surface area contributed by atoms with Crippen molar-refractivity contribution in [1.82, 2.24) is 20.3 Å². The van der Waals surface area contributed by atoms with Gasteiger partial charge < -0.3 is 15.4 Å². The molecule has 146 valence electrons. The van der Waals surface area contributed by atoms with Gasteiger partial charge >= 0.3 is 0 Å². The first-order valence-electron chi connectivity index (χ1n) is 8.68. The van der Waals surface area contributed by atoms with Gasteiger partial charge in [0.1, 0.15) is 15.6 Å². The van der Waals surface area contributed by atoms with E-state index >= 15 is 0 Å². The van der Waals surface area contributed by atoms with Gasteiger partial charge in [-0.3, -0.25) is 14.8 Å². The fourth-order valence-corrected chi connectivity index (χ4v) is 3.80. The predicted molar refractivity (Wildman–Crippen MR) is 111 cm³/mol. The molecule has 1 atom stereocenters. The quantitative estimate of drug-likeness (QED) is 0.677. The molecule has 2 aromatic heterocycles. The summed E-state index contributed by atoms with van der Waals surface area (Å²) >= 11 is 1.31. The number of rotatable bonds is 4. The minimum atomic E-state index is -0.177. The summed E-state index contributed by atoms with van der Waals surface area (Å²) in [6.45, 7) is 4.22. The Morgan fingerprint density at radius 2 is 2.11 bits per heavy atom. The Balaban J connectivity index is 0.00000225. The van der Waals surface area contributed by atoms with Crippen molar-refractivity contribution in [3.8, 4) is 10.7 Å². The highest BCUT2D eigenvalue weighted by Gasteiger charge is 2.18. The number of nitrogens with zero attached hydrogens (tertiary/aromatic N) is 3. The van der Waals surface area contributed by atoms with Crippen LogP contribution in [0.2, 0.25) is 0 Å². The molecule has 2 N–H and O–H groups in total. The van der Waals surface area contributed by atoms with Crippen molar-refractivity contribution in [3.63, 3.8) is 0 Å². The Bertz CT molecular complexity index is 927. The Labute approximate surface area is 173 Å². The molecule has 9 heteroatoms. The first kappa shape index (κ1) is 20.3. The van der Waals surface area contributed by atoms with Crippen LogP contribution in [-0.4, -0.2) is 40.6 Å². The molecule has 28 heavy (non-hydrogen) atoms. The second kappa shape index (κ2) is 9.20. The van der Waals surface area contributed by atoms with E-state index < -0.39 is 0 Å². The number of nitrogens with one attached hydrogen (secondary N) is 2. The van der Waals surface area contributed by atoms with E-state index in [2.05, 4.69) is 25.6 Å². The summed E-state index contributed by atoms with van der Waals surface area (Å²) in [7, 11) is 0. The summed E-state index contributed by atoms with van der Waals surface area (Å²) in [6.07, 6.45) is 4.91. The summed E-state index contributed by atoms with van der Waals surface area (Å²) in [6, 6.07) is 7.76. The van der Waals surface area contributed by atoms with Gasteiger partial charge in [-0.1, -0.05) is 12.1 Å². The molecule has 1 amide bonds. The van der Waals surface area contributed by atoms with Crippen LogP contribution in [0, 0.1) is 6.92 Å². The summed E-state index contributed by atoms with van der Waals surface area (Å²) in [5, 5.41) is 6.93. The van der Waals surface area contributed by atoms with E-state index in [1.807, 2.05) is 31.2 Å². The van der Waals surface area contributed by atoms with Crippen molar-refractivity contribution in [2.45, 2.75) is 13.0 Å². The average Bonchev–Trinajstić information content (AvgIpc) is 3.12. The fraction of sp³-hybridized carbons (Fsp3) is 0.263. The zero-order valence-corrected chi connectivity index (χ0v) is 16.8. The predicted octanol–water partition coefficient (Wildman–Crippen LogP) is 3.24. The number of thiazole rings is 1. The number of carbonyl (C=O) groups excluding carboxylic acids is 1. The standard InChI is InChI=1S/C19H19N5O2S.ClH/c1-12-17(27-19(23-12)15-10-20-6-7-22-15)18(25)24-14-4-2-13(3-5-14)16-11-21-8-9-26-16;/h2-7,10,16,21H,8-9,11H2,1H3,(H,24,25);1H. The molecule has 1 aromatic carbocycles. The Morgan fingerprint density at radius 3 is 2.79 bits per heavy atom. The maximum atomic E-state index is 12.7. The van der Waals surface area contributed by atoms with Crippen LogP contribution in [-0.2, 0) is 4.74 Å². The van der Waals surface area contributed by atoms with Gasteiger partial charge in [0.05, 0.1) is 24.6 Å². The Morgan fingerprint density at radius 1 is 1.29 bits per heavy atom. The monoisotopic (exact) mass is 417 g/mol. The second-order valence-corrected chi connectivity index (χ2v) is 7.16. The van der Waals surface area contributed by atoms with Crippen LogP contribution in [0.4, 0.5) is 5.69 Å². The lowest BCUT2D eigenvalue weighted by Gasteiger charge is -2.24. The number of hydrogen-bond donors (Lipinski definition) is 2. The molecule has 3 aromatic rings. The van der Waals surface area contributed by atoms with Crippen molar-refractivity contribution in [2.24, 2.45) is 0 Å². The minimum absolute atomic E-state index is 0. The first-order chi connectivity index (χ1) is 13.2. The second-order valence-electron chi connectivity index (χ2n) is 6.16. The maximum Gasteiger partial charge on any atom is 0.267 e. The van der Waals surface area contributed by atoms with E-state index in [1.165, 1.54) is 11.3 Å². The smallest absolute Gasteiger partial charge is 0.267 e. The van der Waals surface area contributed by atoms with Crippen LogP contribution >= 0.6 is 23.7 Å². The van der Waals surface area contributed by atoms with Gasteiger partial charge in [-0.25, -0.2) is 4.98 Å². The van der Waals surface area contributed by atoms with Crippen LogP contribution in [0.25, 0.3) is 10.7 Å². The molecule has 0 aliphatic carbocycles. The summed E-state index contributed by atoms with van der Waals surface area (Å²) in [4.78, 5) is 26.0. The number of hydrogen-bond acceptors (Lipinski definition) is 7. The number of ether oxygens (including phenoxy) is 1. The molecule has 0 saturated carbocycles. The number of morpholine rings is 1.